The number of nitriles is 1. The number of aromatic nitrogens is 3. The van der Waals surface area contributed by atoms with Gasteiger partial charge in [0.25, 0.3) is 5.56 Å². The van der Waals surface area contributed by atoms with Crippen molar-refractivity contribution >= 4 is 28.5 Å². The van der Waals surface area contributed by atoms with Crippen LogP contribution in [0.15, 0.2) is 35.3 Å². The first kappa shape index (κ1) is 24.3. The van der Waals surface area contributed by atoms with Crippen molar-refractivity contribution in [3.05, 3.63) is 52.2 Å². The molecule has 3 N–H and O–H groups in total. The summed E-state index contributed by atoms with van der Waals surface area (Å²) in [5, 5.41) is 20.3. The van der Waals surface area contributed by atoms with Crippen molar-refractivity contribution in [2.24, 2.45) is 5.92 Å². The van der Waals surface area contributed by atoms with E-state index in [4.69, 9.17) is 4.74 Å². The third kappa shape index (κ3) is 5.62. The number of anilines is 2. The maximum atomic E-state index is 14.4. The number of amides is 1. The van der Waals surface area contributed by atoms with Crippen LogP contribution in [-0.4, -0.2) is 26.5 Å². The topological polar surface area (TPSA) is 125 Å². The molecule has 0 bridgehead atoms. The molecule has 184 valence electrons. The van der Waals surface area contributed by atoms with Crippen LogP contribution < -0.4 is 16.2 Å². The second kappa shape index (κ2) is 9.78. The normalized spacial score (nSPS) is 18.1. The highest BCUT2D eigenvalue weighted by atomic mass is 19.1. The number of pyridine rings is 1. The second-order valence-electron chi connectivity index (χ2n) is 9.78. The lowest BCUT2D eigenvalue weighted by atomic mass is 9.85. The molecule has 1 saturated carbocycles. The lowest BCUT2D eigenvalue weighted by Crippen LogP contribution is -2.32. The van der Waals surface area contributed by atoms with Crippen molar-refractivity contribution in [1.29, 1.82) is 5.26 Å². The molecule has 9 nitrogen and oxygen atoms in total. The highest BCUT2D eigenvalue weighted by molar-refractivity contribution is 5.91. The fourth-order valence-electron chi connectivity index (χ4n) is 4.44. The molecule has 0 radical (unpaired) electrons. The first-order valence-corrected chi connectivity index (χ1v) is 11.7. The van der Waals surface area contributed by atoms with Crippen LogP contribution in [0.4, 0.5) is 20.7 Å². The van der Waals surface area contributed by atoms with E-state index in [1.54, 1.807) is 43.8 Å². The molecule has 35 heavy (non-hydrogen) atoms. The van der Waals surface area contributed by atoms with Crippen LogP contribution in [0.25, 0.3) is 10.9 Å². The zero-order chi connectivity index (χ0) is 25.2. The molecular weight excluding hydrogens is 451 g/mol. The molecule has 1 amide bonds. The number of carbonyl (C=O) groups is 1. The van der Waals surface area contributed by atoms with Crippen LogP contribution in [-0.2, 0) is 11.3 Å². The molecule has 2 unspecified atom stereocenters. The summed E-state index contributed by atoms with van der Waals surface area (Å²) in [4.78, 5) is 27.3. The Morgan fingerprint density at radius 3 is 2.83 bits per heavy atom. The highest BCUT2D eigenvalue weighted by Crippen LogP contribution is 2.36. The fourth-order valence-corrected chi connectivity index (χ4v) is 4.44. The van der Waals surface area contributed by atoms with Gasteiger partial charge in [-0.3, -0.25) is 9.48 Å². The van der Waals surface area contributed by atoms with Gasteiger partial charge in [-0.2, -0.15) is 10.4 Å². The summed E-state index contributed by atoms with van der Waals surface area (Å²) in [6.07, 6.45) is 4.50. The molecule has 1 fully saturated rings. The van der Waals surface area contributed by atoms with E-state index in [-0.39, 0.29) is 29.9 Å². The molecule has 2 heterocycles. The first-order chi connectivity index (χ1) is 16.6. The van der Waals surface area contributed by atoms with Crippen LogP contribution in [0.2, 0.25) is 0 Å². The van der Waals surface area contributed by atoms with E-state index in [0.717, 1.165) is 25.7 Å². The lowest BCUT2D eigenvalue weighted by Gasteiger charge is -2.27. The molecule has 2 atom stereocenters. The minimum Gasteiger partial charge on any atom is -0.444 e. The van der Waals surface area contributed by atoms with Crippen LogP contribution in [0, 0.1) is 23.1 Å². The number of carbonyl (C=O) groups excluding carboxylic acids is 1. The van der Waals surface area contributed by atoms with Gasteiger partial charge in [0.2, 0.25) is 0 Å². The number of halogens is 1. The highest BCUT2D eigenvalue weighted by Gasteiger charge is 2.30. The van der Waals surface area contributed by atoms with Crippen molar-refractivity contribution in [2.75, 3.05) is 5.32 Å². The number of benzene rings is 1. The van der Waals surface area contributed by atoms with Gasteiger partial charge in [0, 0.05) is 18.4 Å². The van der Waals surface area contributed by atoms with E-state index in [9.17, 15) is 19.2 Å². The van der Waals surface area contributed by atoms with Gasteiger partial charge < -0.3 is 20.4 Å². The monoisotopic (exact) mass is 480 g/mol. The van der Waals surface area contributed by atoms with Crippen molar-refractivity contribution in [3.8, 4) is 6.07 Å². The van der Waals surface area contributed by atoms with Gasteiger partial charge in [-0.15, -0.1) is 0 Å². The van der Waals surface area contributed by atoms with Gasteiger partial charge in [-0.05, 0) is 63.4 Å². The molecule has 0 aliphatic heterocycles. The molecule has 3 aromatic rings. The molecule has 4 rings (SSSR count). The van der Waals surface area contributed by atoms with Crippen LogP contribution >= 0.6 is 0 Å². The van der Waals surface area contributed by atoms with Crippen LogP contribution in [0.1, 0.15) is 58.1 Å². The zero-order valence-electron chi connectivity index (χ0n) is 20.0. The Morgan fingerprint density at radius 2 is 2.09 bits per heavy atom. The van der Waals surface area contributed by atoms with E-state index in [1.165, 1.54) is 12.1 Å². The number of H-pyrrole nitrogens is 1. The summed E-state index contributed by atoms with van der Waals surface area (Å²) in [5.41, 5.74) is 0.527. The Bertz CT molecular complexity index is 1330. The molecule has 0 spiro atoms. The van der Waals surface area contributed by atoms with E-state index in [2.05, 4.69) is 26.8 Å². The van der Waals surface area contributed by atoms with Crippen molar-refractivity contribution in [3.63, 3.8) is 0 Å². The average molecular weight is 481 g/mol. The van der Waals surface area contributed by atoms with Crippen molar-refractivity contribution < 1.29 is 13.9 Å². The van der Waals surface area contributed by atoms with Crippen LogP contribution in [0.5, 0.6) is 0 Å². The molecule has 1 aromatic carbocycles. The van der Waals surface area contributed by atoms with E-state index in [1.807, 2.05) is 0 Å². The predicted molar refractivity (Wildman–Crippen MR) is 130 cm³/mol. The Hall–Kier alpha value is -3.87. The van der Waals surface area contributed by atoms with Gasteiger partial charge in [0.15, 0.2) is 5.82 Å². The average Bonchev–Trinajstić information content (AvgIpc) is 3.15. The summed E-state index contributed by atoms with van der Waals surface area (Å²) in [5.74, 6) is -0.426. The number of hydrogen-bond donors (Lipinski definition) is 3. The van der Waals surface area contributed by atoms with E-state index < -0.39 is 17.5 Å². The molecule has 2 aromatic heterocycles. The molecule has 1 aliphatic carbocycles. The Morgan fingerprint density at radius 1 is 1.31 bits per heavy atom. The van der Waals surface area contributed by atoms with E-state index in [0.29, 0.717) is 22.2 Å². The van der Waals surface area contributed by atoms with Gasteiger partial charge in [-0.25, -0.2) is 9.18 Å². The Kier molecular flexibility index (Phi) is 6.78. The lowest BCUT2D eigenvalue weighted by molar-refractivity contribution is 0.0523. The number of nitrogens with one attached hydrogen (secondary N) is 3. The molecule has 1 aliphatic rings. The Labute approximate surface area is 202 Å². The third-order valence-corrected chi connectivity index (χ3v) is 5.90. The number of hydrogen-bond acceptors (Lipinski definition) is 6. The van der Waals surface area contributed by atoms with Crippen molar-refractivity contribution in [2.45, 2.75) is 64.6 Å². The number of rotatable bonds is 5. The number of fused-ring (bicyclic) bond motifs is 1. The second-order valence-corrected chi connectivity index (χ2v) is 9.78. The molecule has 10 heteroatoms. The number of alkyl carbamates (subject to hydrolysis) is 1. The van der Waals surface area contributed by atoms with Gasteiger partial charge >= 0.3 is 6.09 Å². The maximum absolute atomic E-state index is 14.4. The fraction of sp³-hybridized carbons (Fsp3) is 0.440. The smallest absolute Gasteiger partial charge is 0.407 e. The van der Waals surface area contributed by atoms with Crippen molar-refractivity contribution in [1.82, 2.24) is 20.1 Å². The number of ether oxygens (including phenoxy) is 1. The summed E-state index contributed by atoms with van der Waals surface area (Å²) in [6.45, 7) is 5.33. The van der Waals surface area contributed by atoms with Gasteiger partial charge in [0.1, 0.15) is 16.8 Å². The largest absolute Gasteiger partial charge is 0.444 e. The third-order valence-electron chi connectivity index (χ3n) is 5.90. The predicted octanol–water partition coefficient (Wildman–Crippen LogP) is 4.89. The van der Waals surface area contributed by atoms with Gasteiger partial charge in [-0.1, -0.05) is 12.8 Å². The summed E-state index contributed by atoms with van der Waals surface area (Å²) >= 11 is 0. The minimum atomic E-state index is -0.644. The summed E-state index contributed by atoms with van der Waals surface area (Å²) in [7, 11) is 0. The maximum Gasteiger partial charge on any atom is 0.407 e. The number of nitrogens with zero attached hydrogens (tertiary/aromatic N) is 3. The quantitative estimate of drug-likeness (QED) is 0.478. The molecular formula is C25H29FN6O3. The van der Waals surface area contributed by atoms with Gasteiger partial charge in [0.05, 0.1) is 23.5 Å². The Balaban J connectivity index is 1.63. The SMILES string of the molecule is CC(C)(C)OC(=O)NCc1cc(F)cc(Nc2nn(C3CCCCC3C#N)c3cc[nH]c(=O)c23)c1. The standard InChI is InChI=1S/C25H29FN6O3/c1-25(2,3)35-24(34)29-14-15-10-17(26)12-18(11-15)30-22-21-20(8-9-28-23(21)33)32(31-22)19-7-5-4-6-16(19)13-27/h8-12,16,19H,4-7,14H2,1-3H3,(H,28,33)(H,29,34)(H,30,31). The molecule has 0 saturated heterocycles. The number of aromatic amines is 1. The minimum absolute atomic E-state index is 0.0586. The first-order valence-electron chi connectivity index (χ1n) is 11.7. The summed E-state index contributed by atoms with van der Waals surface area (Å²) < 4.78 is 21.4. The summed E-state index contributed by atoms with van der Waals surface area (Å²) in [6, 6.07) is 8.27. The van der Waals surface area contributed by atoms with Crippen LogP contribution in [0.3, 0.4) is 0 Å². The zero-order valence-corrected chi connectivity index (χ0v) is 20.0. The van der Waals surface area contributed by atoms with E-state index >= 15 is 0 Å².